The van der Waals surface area contributed by atoms with E-state index in [2.05, 4.69) is 240 Å². The molecule has 0 saturated heterocycles. The Morgan fingerprint density at radius 3 is 1.72 bits per heavy atom. The van der Waals surface area contributed by atoms with Crippen molar-refractivity contribution >= 4 is 65.2 Å². The molecule has 0 radical (unpaired) electrons. The van der Waals surface area contributed by atoms with E-state index in [-0.39, 0.29) is 0 Å². The third-order valence-corrected chi connectivity index (χ3v) is 13.9. The molecule has 0 spiro atoms. The topological polar surface area (TPSA) is 9.86 Å². The first-order chi connectivity index (χ1) is 31.7. The fourth-order valence-corrected chi connectivity index (χ4v) is 10.9. The van der Waals surface area contributed by atoms with Crippen LogP contribution >= 0.6 is 0 Å². The van der Waals surface area contributed by atoms with Gasteiger partial charge in [-0.25, -0.2) is 0 Å². The van der Waals surface area contributed by atoms with Crippen molar-refractivity contribution in [2.24, 2.45) is 0 Å². The van der Waals surface area contributed by atoms with Gasteiger partial charge in [0.05, 0.1) is 27.8 Å². The van der Waals surface area contributed by atoms with Crippen LogP contribution in [0.4, 0.5) is 0 Å². The van der Waals surface area contributed by atoms with Gasteiger partial charge in [-0.3, -0.25) is 0 Å². The summed E-state index contributed by atoms with van der Waals surface area (Å²) in [4.78, 5) is 0. The lowest BCUT2D eigenvalue weighted by atomic mass is 9.95. The van der Waals surface area contributed by atoms with Crippen LogP contribution in [0.15, 0.2) is 231 Å². The maximum Gasteiger partial charge on any atom is 0.0619 e. The summed E-state index contributed by atoms with van der Waals surface area (Å²) in [5, 5.41) is 10.1. The second kappa shape index (κ2) is 13.5. The van der Waals surface area contributed by atoms with Gasteiger partial charge in [0.15, 0.2) is 0 Å². The fourth-order valence-electron chi connectivity index (χ4n) is 10.9. The molecule has 0 bridgehead atoms. The molecule has 0 unspecified atom stereocenters. The van der Waals surface area contributed by atoms with E-state index in [1.54, 1.807) is 0 Å². The highest BCUT2D eigenvalue weighted by Gasteiger charge is 2.23. The molecule has 0 aliphatic heterocycles. The van der Waals surface area contributed by atoms with Gasteiger partial charge < -0.3 is 9.13 Å². The van der Waals surface area contributed by atoms with Gasteiger partial charge in [-0.1, -0.05) is 182 Å². The normalized spacial score (nSPS) is 12.1. The Bertz CT molecular complexity index is 4050. The van der Waals surface area contributed by atoms with Gasteiger partial charge in [0.2, 0.25) is 0 Å². The van der Waals surface area contributed by atoms with Crippen molar-refractivity contribution in [1.82, 2.24) is 9.13 Å². The summed E-state index contributed by atoms with van der Waals surface area (Å²) in [5.74, 6) is 0. The van der Waals surface area contributed by atoms with Gasteiger partial charge in [-0.2, -0.15) is 0 Å². The maximum atomic E-state index is 2.51. The largest absolute Gasteiger partial charge is 0.309 e. The molecule has 2 nitrogen and oxygen atoms in total. The number of fused-ring (bicyclic) bond motifs is 11. The van der Waals surface area contributed by atoms with E-state index in [0.29, 0.717) is 0 Å². The average molecular weight is 811 g/mol. The fraction of sp³-hybridized carbons (Fsp3) is 0. The van der Waals surface area contributed by atoms with Crippen LogP contribution in [0.25, 0.3) is 132 Å². The molecule has 2 heteroatoms. The lowest BCUT2D eigenvalue weighted by Gasteiger charge is -2.16. The SMILES string of the molecule is c1ccc(-n2c3ccccc3c3ccc(-c4ccc5c(c4)c4ccc6ccccc6c4n5-c4ccccc4-c4ccc(-c5ccc6c(c5)-c5cccc7cccc-6c57)cc4)cc32)cc1. The monoisotopic (exact) mass is 810 g/mol. The average Bonchev–Trinajstić information content (AvgIpc) is 4.00. The van der Waals surface area contributed by atoms with Gasteiger partial charge in [-0.05, 0) is 115 Å². The maximum absolute atomic E-state index is 2.51. The Hall–Kier alpha value is -8.46. The van der Waals surface area contributed by atoms with Crippen LogP contribution in [0.5, 0.6) is 0 Å². The van der Waals surface area contributed by atoms with E-state index in [0.717, 1.165) is 11.4 Å². The first-order valence-electron chi connectivity index (χ1n) is 22.2. The van der Waals surface area contributed by atoms with Crippen LogP contribution in [0, 0.1) is 0 Å². The van der Waals surface area contributed by atoms with E-state index in [4.69, 9.17) is 0 Å². The summed E-state index contributed by atoms with van der Waals surface area (Å²) in [7, 11) is 0. The van der Waals surface area contributed by atoms with Gasteiger partial charge in [-0.15, -0.1) is 0 Å². The van der Waals surface area contributed by atoms with Crippen molar-refractivity contribution in [2.75, 3.05) is 0 Å². The van der Waals surface area contributed by atoms with E-state index in [1.165, 1.54) is 121 Å². The predicted molar refractivity (Wildman–Crippen MR) is 271 cm³/mol. The molecule has 0 atom stereocenters. The number of benzene rings is 11. The van der Waals surface area contributed by atoms with E-state index in [9.17, 15) is 0 Å². The Labute approximate surface area is 370 Å². The molecule has 0 N–H and O–H groups in total. The predicted octanol–water partition coefficient (Wildman–Crippen LogP) is 16.8. The number of aromatic nitrogens is 2. The molecule has 64 heavy (non-hydrogen) atoms. The van der Waals surface area contributed by atoms with E-state index in [1.807, 2.05) is 0 Å². The Balaban J connectivity index is 0.912. The molecular formula is C62H38N2. The number of nitrogens with zero attached hydrogens (tertiary/aromatic N) is 2. The summed E-state index contributed by atoms with van der Waals surface area (Å²) in [6, 6.07) is 85.3. The molecule has 1 aliphatic carbocycles. The second-order valence-electron chi connectivity index (χ2n) is 17.2. The molecule has 296 valence electrons. The van der Waals surface area contributed by atoms with Crippen molar-refractivity contribution in [1.29, 1.82) is 0 Å². The van der Waals surface area contributed by atoms with Gasteiger partial charge >= 0.3 is 0 Å². The zero-order valence-corrected chi connectivity index (χ0v) is 34.8. The Morgan fingerprint density at radius 2 is 0.844 bits per heavy atom. The molecule has 13 aromatic rings. The molecule has 0 saturated carbocycles. The van der Waals surface area contributed by atoms with Gasteiger partial charge in [0, 0.05) is 38.2 Å². The highest BCUT2D eigenvalue weighted by molar-refractivity contribution is 6.20. The molecule has 14 rings (SSSR count). The number of rotatable bonds is 5. The highest BCUT2D eigenvalue weighted by atomic mass is 15.0. The van der Waals surface area contributed by atoms with Crippen molar-refractivity contribution in [3.05, 3.63) is 231 Å². The molecule has 2 aromatic heterocycles. The number of hydrogen-bond acceptors (Lipinski definition) is 0. The summed E-state index contributed by atoms with van der Waals surface area (Å²) in [6.07, 6.45) is 0. The van der Waals surface area contributed by atoms with Gasteiger partial charge in [0.25, 0.3) is 0 Å². The molecule has 2 heterocycles. The summed E-state index contributed by atoms with van der Waals surface area (Å²) in [5.41, 5.74) is 19.7. The van der Waals surface area contributed by atoms with Gasteiger partial charge in [0.1, 0.15) is 0 Å². The minimum absolute atomic E-state index is 1.16. The lowest BCUT2D eigenvalue weighted by Crippen LogP contribution is -1.97. The molecule has 1 aliphatic rings. The van der Waals surface area contributed by atoms with Crippen LogP contribution in [0.3, 0.4) is 0 Å². The Morgan fingerprint density at radius 1 is 0.250 bits per heavy atom. The summed E-state index contributed by atoms with van der Waals surface area (Å²) >= 11 is 0. The quantitative estimate of drug-likeness (QED) is 0.164. The zero-order chi connectivity index (χ0) is 41.9. The number of hydrogen-bond donors (Lipinski definition) is 0. The van der Waals surface area contributed by atoms with Crippen LogP contribution in [0.2, 0.25) is 0 Å². The van der Waals surface area contributed by atoms with E-state index < -0.39 is 0 Å². The number of para-hydroxylation sites is 3. The smallest absolute Gasteiger partial charge is 0.0619 e. The standard InChI is InChI=1S/C62H38N2/c1-2-15-46(16-3-1)63-58-23-9-7-19-50(58)51-33-30-45(38-60(51)63)44-31-35-59-56(37-44)54-34-28-40-12-4-5-18-48(40)62(54)64(59)57-22-8-6-17-47(57)41-26-24-39(25-27-41)43-29-32-49-52-20-10-13-42-14-11-21-53(61(42)52)55(49)36-43/h1-38H. The Kier molecular flexibility index (Phi) is 7.43. The first kappa shape index (κ1) is 35.2. The summed E-state index contributed by atoms with van der Waals surface area (Å²) in [6.45, 7) is 0. The minimum Gasteiger partial charge on any atom is -0.309 e. The minimum atomic E-state index is 1.16. The first-order valence-corrected chi connectivity index (χ1v) is 22.2. The zero-order valence-electron chi connectivity index (χ0n) is 34.8. The van der Waals surface area contributed by atoms with Crippen molar-refractivity contribution in [2.45, 2.75) is 0 Å². The molecule has 11 aromatic carbocycles. The van der Waals surface area contributed by atoms with Crippen molar-refractivity contribution < 1.29 is 0 Å². The summed E-state index contributed by atoms with van der Waals surface area (Å²) < 4.78 is 4.91. The molecular weight excluding hydrogens is 773 g/mol. The van der Waals surface area contributed by atoms with Crippen LogP contribution in [0.1, 0.15) is 0 Å². The van der Waals surface area contributed by atoms with Crippen molar-refractivity contribution in [3.63, 3.8) is 0 Å². The third kappa shape index (κ3) is 5.08. The molecule has 0 amide bonds. The van der Waals surface area contributed by atoms with Crippen LogP contribution in [-0.2, 0) is 0 Å². The molecule has 0 fully saturated rings. The third-order valence-electron chi connectivity index (χ3n) is 13.9. The van der Waals surface area contributed by atoms with Crippen molar-refractivity contribution in [3.8, 4) is 67.0 Å². The van der Waals surface area contributed by atoms with Crippen LogP contribution in [-0.4, -0.2) is 9.13 Å². The van der Waals surface area contributed by atoms with E-state index >= 15 is 0 Å². The van der Waals surface area contributed by atoms with Crippen LogP contribution < -0.4 is 0 Å². The second-order valence-corrected chi connectivity index (χ2v) is 17.2. The lowest BCUT2D eigenvalue weighted by molar-refractivity contribution is 1.18. The highest BCUT2D eigenvalue weighted by Crippen LogP contribution is 2.49.